The van der Waals surface area contributed by atoms with Gasteiger partial charge < -0.3 is 9.47 Å². The summed E-state index contributed by atoms with van der Waals surface area (Å²) >= 11 is 0. The van der Waals surface area contributed by atoms with Crippen LogP contribution in [0, 0.1) is 0 Å². The van der Waals surface area contributed by atoms with Crippen molar-refractivity contribution in [1.82, 2.24) is 5.43 Å². The van der Waals surface area contributed by atoms with Crippen LogP contribution in [0.2, 0.25) is 0 Å². The van der Waals surface area contributed by atoms with Gasteiger partial charge >= 0.3 is 0 Å². The summed E-state index contributed by atoms with van der Waals surface area (Å²) in [5.41, 5.74) is 6.30. The third-order valence-electron chi connectivity index (χ3n) is 3.80. The highest BCUT2D eigenvalue weighted by molar-refractivity contribution is 5.51. The molecule has 1 aliphatic rings. The van der Waals surface area contributed by atoms with Gasteiger partial charge in [-0.25, -0.2) is 5.43 Å². The zero-order chi connectivity index (χ0) is 14.7. The standard InChI is InChI=1S/C17H20N2O2/c1-2-12-6-8-13(9-7-12)16(19-18)14-4-3-5-15-17(14)21-11-10-20-15/h3-9,16,19H,2,10-11,18H2,1H3. The SMILES string of the molecule is CCc1ccc(C(NN)c2cccc3c2OCCO3)cc1. The molecule has 21 heavy (non-hydrogen) atoms. The molecule has 1 aliphatic heterocycles. The van der Waals surface area contributed by atoms with E-state index in [0.717, 1.165) is 29.0 Å². The zero-order valence-electron chi connectivity index (χ0n) is 12.1. The summed E-state index contributed by atoms with van der Waals surface area (Å²) in [6, 6.07) is 14.3. The van der Waals surface area contributed by atoms with Crippen molar-refractivity contribution in [3.05, 3.63) is 59.2 Å². The molecule has 110 valence electrons. The summed E-state index contributed by atoms with van der Waals surface area (Å²) in [6.45, 7) is 3.30. The lowest BCUT2D eigenvalue weighted by molar-refractivity contribution is 0.169. The summed E-state index contributed by atoms with van der Waals surface area (Å²) < 4.78 is 11.4. The lowest BCUT2D eigenvalue weighted by Crippen LogP contribution is -2.30. The van der Waals surface area contributed by atoms with E-state index in [0.29, 0.717) is 13.2 Å². The molecule has 0 spiro atoms. The number of benzene rings is 2. The first-order valence-electron chi connectivity index (χ1n) is 7.27. The number of hydrogen-bond donors (Lipinski definition) is 2. The number of hydrazine groups is 1. The van der Waals surface area contributed by atoms with E-state index in [1.54, 1.807) is 0 Å². The monoisotopic (exact) mass is 284 g/mol. The topological polar surface area (TPSA) is 56.5 Å². The Balaban J connectivity index is 1.99. The maximum Gasteiger partial charge on any atom is 0.166 e. The Bertz CT molecular complexity index is 611. The summed E-state index contributed by atoms with van der Waals surface area (Å²) in [4.78, 5) is 0. The van der Waals surface area contributed by atoms with Crippen molar-refractivity contribution in [2.24, 2.45) is 5.84 Å². The van der Waals surface area contributed by atoms with E-state index in [1.165, 1.54) is 5.56 Å². The molecular formula is C17H20N2O2. The smallest absolute Gasteiger partial charge is 0.166 e. The summed E-state index contributed by atoms with van der Waals surface area (Å²) in [5.74, 6) is 7.36. The molecule has 1 atom stereocenters. The van der Waals surface area contributed by atoms with E-state index in [-0.39, 0.29) is 6.04 Å². The molecule has 1 unspecified atom stereocenters. The number of nitrogens with one attached hydrogen (secondary N) is 1. The number of fused-ring (bicyclic) bond motifs is 1. The van der Waals surface area contributed by atoms with Crippen molar-refractivity contribution in [3.8, 4) is 11.5 Å². The van der Waals surface area contributed by atoms with Crippen LogP contribution in [0.1, 0.15) is 29.7 Å². The van der Waals surface area contributed by atoms with Gasteiger partial charge in [0.25, 0.3) is 0 Å². The van der Waals surface area contributed by atoms with Crippen LogP contribution < -0.4 is 20.7 Å². The molecule has 0 saturated carbocycles. The number of hydrogen-bond acceptors (Lipinski definition) is 4. The molecule has 0 aromatic heterocycles. The van der Waals surface area contributed by atoms with Gasteiger partial charge in [-0.3, -0.25) is 5.84 Å². The van der Waals surface area contributed by atoms with Gasteiger partial charge in [0.2, 0.25) is 0 Å². The largest absolute Gasteiger partial charge is 0.486 e. The van der Waals surface area contributed by atoms with Gasteiger partial charge in [0.15, 0.2) is 11.5 Å². The quantitative estimate of drug-likeness (QED) is 0.669. The Labute approximate surface area is 124 Å². The average Bonchev–Trinajstić information content (AvgIpc) is 2.56. The van der Waals surface area contributed by atoms with Crippen LogP contribution in [0.25, 0.3) is 0 Å². The summed E-state index contributed by atoms with van der Waals surface area (Å²) in [7, 11) is 0. The van der Waals surface area contributed by atoms with Gasteiger partial charge in [-0.05, 0) is 23.6 Å². The van der Waals surface area contributed by atoms with Gasteiger partial charge in [0.05, 0.1) is 6.04 Å². The van der Waals surface area contributed by atoms with Crippen LogP contribution in [0.15, 0.2) is 42.5 Å². The fourth-order valence-corrected chi connectivity index (χ4v) is 2.63. The lowest BCUT2D eigenvalue weighted by Gasteiger charge is -2.25. The Morgan fingerprint density at radius 2 is 1.86 bits per heavy atom. The minimum Gasteiger partial charge on any atom is -0.486 e. The minimum absolute atomic E-state index is 0.118. The van der Waals surface area contributed by atoms with E-state index in [2.05, 4.69) is 36.6 Å². The fraction of sp³-hybridized carbons (Fsp3) is 0.294. The van der Waals surface area contributed by atoms with Gasteiger partial charge in [-0.2, -0.15) is 0 Å². The highest BCUT2D eigenvalue weighted by Crippen LogP contribution is 2.38. The third-order valence-corrected chi connectivity index (χ3v) is 3.80. The molecule has 2 aromatic carbocycles. The van der Waals surface area contributed by atoms with Gasteiger partial charge in [-0.1, -0.05) is 43.3 Å². The zero-order valence-corrected chi connectivity index (χ0v) is 12.1. The number of rotatable bonds is 4. The second-order valence-electron chi connectivity index (χ2n) is 5.07. The molecule has 0 amide bonds. The van der Waals surface area contributed by atoms with Crippen molar-refractivity contribution in [1.29, 1.82) is 0 Å². The summed E-state index contributed by atoms with van der Waals surface area (Å²) in [5, 5.41) is 0. The van der Waals surface area contributed by atoms with Crippen LogP contribution in [-0.2, 0) is 6.42 Å². The third kappa shape index (κ3) is 2.73. The highest BCUT2D eigenvalue weighted by Gasteiger charge is 2.22. The maximum atomic E-state index is 5.79. The van der Waals surface area contributed by atoms with Crippen molar-refractivity contribution in [2.45, 2.75) is 19.4 Å². The maximum absolute atomic E-state index is 5.79. The first-order chi connectivity index (χ1) is 10.3. The van der Waals surface area contributed by atoms with Crippen LogP contribution in [0.4, 0.5) is 0 Å². The van der Waals surface area contributed by atoms with Gasteiger partial charge in [0, 0.05) is 5.56 Å². The van der Waals surface area contributed by atoms with Crippen LogP contribution in [0.3, 0.4) is 0 Å². The van der Waals surface area contributed by atoms with Crippen molar-refractivity contribution < 1.29 is 9.47 Å². The summed E-state index contributed by atoms with van der Waals surface area (Å²) in [6.07, 6.45) is 1.03. The average molecular weight is 284 g/mol. The molecule has 0 bridgehead atoms. The van der Waals surface area contributed by atoms with Crippen LogP contribution in [-0.4, -0.2) is 13.2 Å². The minimum atomic E-state index is -0.118. The fourth-order valence-electron chi connectivity index (χ4n) is 2.63. The van der Waals surface area contributed by atoms with E-state index >= 15 is 0 Å². The van der Waals surface area contributed by atoms with E-state index in [4.69, 9.17) is 15.3 Å². The van der Waals surface area contributed by atoms with E-state index in [9.17, 15) is 0 Å². The Hall–Kier alpha value is -2.04. The number of nitrogens with two attached hydrogens (primary N) is 1. The molecule has 0 radical (unpaired) electrons. The molecular weight excluding hydrogens is 264 g/mol. The number of ether oxygens (including phenoxy) is 2. The van der Waals surface area contributed by atoms with E-state index < -0.39 is 0 Å². The molecule has 4 nitrogen and oxygen atoms in total. The molecule has 0 aliphatic carbocycles. The van der Waals surface area contributed by atoms with Crippen molar-refractivity contribution in [3.63, 3.8) is 0 Å². The molecule has 4 heteroatoms. The van der Waals surface area contributed by atoms with Crippen LogP contribution in [0.5, 0.6) is 11.5 Å². The lowest BCUT2D eigenvalue weighted by atomic mass is 9.96. The number of para-hydroxylation sites is 1. The molecule has 0 saturated heterocycles. The first kappa shape index (κ1) is 13.9. The van der Waals surface area contributed by atoms with Crippen molar-refractivity contribution in [2.75, 3.05) is 13.2 Å². The predicted molar refractivity (Wildman–Crippen MR) is 82.4 cm³/mol. The van der Waals surface area contributed by atoms with Crippen LogP contribution >= 0.6 is 0 Å². The molecule has 3 rings (SSSR count). The first-order valence-corrected chi connectivity index (χ1v) is 7.27. The second-order valence-corrected chi connectivity index (χ2v) is 5.07. The highest BCUT2D eigenvalue weighted by atomic mass is 16.6. The van der Waals surface area contributed by atoms with Crippen molar-refractivity contribution >= 4 is 0 Å². The van der Waals surface area contributed by atoms with Gasteiger partial charge in [-0.15, -0.1) is 0 Å². The molecule has 3 N–H and O–H groups in total. The van der Waals surface area contributed by atoms with E-state index in [1.807, 2.05) is 18.2 Å². The Kier molecular flexibility index (Phi) is 4.08. The molecule has 2 aromatic rings. The number of aryl methyl sites for hydroxylation is 1. The van der Waals surface area contributed by atoms with Gasteiger partial charge in [0.1, 0.15) is 13.2 Å². The Morgan fingerprint density at radius 3 is 2.57 bits per heavy atom. The Morgan fingerprint density at radius 1 is 1.10 bits per heavy atom. The second kappa shape index (κ2) is 6.16. The molecule has 1 heterocycles. The molecule has 0 fully saturated rings. The predicted octanol–water partition coefficient (Wildman–Crippen LogP) is 2.57. The normalized spacial score (nSPS) is 14.8.